The Bertz CT molecular complexity index is 613. The van der Waals surface area contributed by atoms with Crippen LogP contribution < -0.4 is 5.32 Å². The maximum atomic E-state index is 12.3. The van der Waals surface area contributed by atoms with Crippen molar-refractivity contribution in [1.29, 1.82) is 0 Å². The van der Waals surface area contributed by atoms with Gasteiger partial charge in [-0.25, -0.2) is 13.2 Å². The Morgan fingerprint density at radius 1 is 1.41 bits per heavy atom. The number of urea groups is 1. The van der Waals surface area contributed by atoms with Gasteiger partial charge in [-0.15, -0.1) is 11.3 Å². The Morgan fingerprint density at radius 2 is 2.18 bits per heavy atom. The number of hydrogen-bond acceptors (Lipinski definition) is 5. The summed E-state index contributed by atoms with van der Waals surface area (Å²) in [6, 6.07) is 3.83. The predicted molar refractivity (Wildman–Crippen MR) is 84.7 cm³/mol. The first-order valence-corrected chi connectivity index (χ1v) is 10.1. The number of rotatable bonds is 2. The molecule has 0 aromatic carbocycles. The number of sulfone groups is 1. The highest BCUT2D eigenvalue weighted by atomic mass is 32.2. The van der Waals surface area contributed by atoms with E-state index in [1.807, 2.05) is 17.5 Å². The number of carbonyl (C=O) groups excluding carboxylic acids is 1. The third-order valence-electron chi connectivity index (χ3n) is 4.27. The molecule has 2 aliphatic rings. The molecule has 0 aliphatic carbocycles. The summed E-state index contributed by atoms with van der Waals surface area (Å²) in [5.74, 6) is 0.301. The van der Waals surface area contributed by atoms with Gasteiger partial charge in [0.05, 0.1) is 36.8 Å². The van der Waals surface area contributed by atoms with Crippen LogP contribution >= 0.6 is 11.3 Å². The van der Waals surface area contributed by atoms with Crippen LogP contribution in [0.1, 0.15) is 17.7 Å². The van der Waals surface area contributed by atoms with E-state index in [9.17, 15) is 13.2 Å². The van der Waals surface area contributed by atoms with Crippen LogP contribution in [0.15, 0.2) is 17.5 Å². The van der Waals surface area contributed by atoms with Gasteiger partial charge in [0.1, 0.15) is 0 Å². The fourth-order valence-corrected chi connectivity index (χ4v) is 5.13. The number of nitrogens with one attached hydrogen (secondary N) is 1. The number of morpholine rings is 1. The van der Waals surface area contributed by atoms with Gasteiger partial charge >= 0.3 is 6.03 Å². The highest BCUT2D eigenvalue weighted by Gasteiger charge is 2.42. The maximum absolute atomic E-state index is 12.3. The summed E-state index contributed by atoms with van der Waals surface area (Å²) in [5, 5.41) is 4.90. The first kappa shape index (κ1) is 15.8. The van der Waals surface area contributed by atoms with Crippen molar-refractivity contribution in [3.63, 3.8) is 0 Å². The van der Waals surface area contributed by atoms with E-state index < -0.39 is 15.4 Å². The number of nitrogens with zero attached hydrogens (tertiary/aromatic N) is 1. The van der Waals surface area contributed by atoms with E-state index >= 15 is 0 Å². The molecule has 2 amide bonds. The second-order valence-corrected chi connectivity index (χ2v) is 9.18. The fourth-order valence-electron chi connectivity index (χ4n) is 2.92. The van der Waals surface area contributed by atoms with E-state index in [1.165, 1.54) is 0 Å². The molecule has 6 nitrogen and oxygen atoms in total. The molecule has 0 saturated carbocycles. The summed E-state index contributed by atoms with van der Waals surface area (Å²) in [4.78, 5) is 15.1. The molecule has 0 unspecified atom stereocenters. The van der Waals surface area contributed by atoms with Gasteiger partial charge in [0.15, 0.2) is 9.84 Å². The van der Waals surface area contributed by atoms with Gasteiger partial charge in [0.2, 0.25) is 0 Å². The van der Waals surface area contributed by atoms with Crippen LogP contribution in [0.4, 0.5) is 4.79 Å². The van der Waals surface area contributed by atoms with E-state index in [0.717, 1.165) is 4.88 Å². The number of thiophene rings is 1. The lowest BCUT2D eigenvalue weighted by Crippen LogP contribution is -2.58. The molecule has 1 N–H and O–H groups in total. The molecule has 2 fully saturated rings. The minimum atomic E-state index is -2.93. The summed E-state index contributed by atoms with van der Waals surface area (Å²) in [7, 11) is -2.93. The molecule has 3 rings (SSSR count). The van der Waals surface area contributed by atoms with E-state index in [0.29, 0.717) is 39.1 Å². The van der Waals surface area contributed by atoms with Crippen molar-refractivity contribution in [2.45, 2.75) is 25.0 Å². The SMILES string of the molecule is O=C(NCc1cccs1)N1CCOC2(CCS(=O)(=O)CC2)C1. The van der Waals surface area contributed by atoms with Crippen LogP contribution in [-0.2, 0) is 21.1 Å². The fraction of sp³-hybridized carbons (Fsp3) is 0.643. The van der Waals surface area contributed by atoms with Crippen LogP contribution in [-0.4, -0.2) is 56.2 Å². The van der Waals surface area contributed by atoms with Crippen molar-refractivity contribution < 1.29 is 17.9 Å². The van der Waals surface area contributed by atoms with Crippen molar-refractivity contribution in [2.24, 2.45) is 0 Å². The van der Waals surface area contributed by atoms with E-state index in [2.05, 4.69) is 5.32 Å². The number of amides is 2. The largest absolute Gasteiger partial charge is 0.371 e. The normalized spacial score (nSPS) is 23.4. The molecule has 2 aliphatic heterocycles. The number of hydrogen-bond donors (Lipinski definition) is 1. The number of carbonyl (C=O) groups is 1. The van der Waals surface area contributed by atoms with Gasteiger partial charge in [-0.3, -0.25) is 0 Å². The van der Waals surface area contributed by atoms with Gasteiger partial charge in [-0.2, -0.15) is 0 Å². The predicted octanol–water partition coefficient (Wildman–Crippen LogP) is 1.24. The first-order chi connectivity index (χ1) is 10.5. The molecule has 0 atom stereocenters. The quantitative estimate of drug-likeness (QED) is 0.876. The monoisotopic (exact) mass is 344 g/mol. The van der Waals surface area contributed by atoms with E-state index in [1.54, 1.807) is 16.2 Å². The number of ether oxygens (including phenoxy) is 1. The molecule has 0 radical (unpaired) electrons. The van der Waals surface area contributed by atoms with Crippen molar-refractivity contribution >= 4 is 27.2 Å². The second kappa shape index (κ2) is 6.17. The van der Waals surface area contributed by atoms with Crippen molar-refractivity contribution in [3.05, 3.63) is 22.4 Å². The lowest BCUT2D eigenvalue weighted by Gasteiger charge is -2.44. The molecule has 1 aromatic heterocycles. The van der Waals surface area contributed by atoms with Gasteiger partial charge in [0.25, 0.3) is 0 Å². The zero-order valence-corrected chi connectivity index (χ0v) is 13.9. The molecular formula is C14H20N2O4S2. The average Bonchev–Trinajstić information content (AvgIpc) is 3.02. The Morgan fingerprint density at radius 3 is 2.86 bits per heavy atom. The van der Waals surface area contributed by atoms with Crippen molar-refractivity contribution in [2.75, 3.05) is 31.2 Å². The highest BCUT2D eigenvalue weighted by molar-refractivity contribution is 7.91. The molecule has 0 bridgehead atoms. The Labute approximate surface area is 134 Å². The molecule has 122 valence electrons. The molecule has 3 heterocycles. The zero-order chi connectivity index (χ0) is 15.6. The van der Waals surface area contributed by atoms with Crippen molar-refractivity contribution in [1.82, 2.24) is 10.2 Å². The lowest BCUT2D eigenvalue weighted by molar-refractivity contribution is -0.102. The lowest BCUT2D eigenvalue weighted by atomic mass is 9.94. The topological polar surface area (TPSA) is 75.7 Å². The summed E-state index contributed by atoms with van der Waals surface area (Å²) >= 11 is 1.61. The summed E-state index contributed by atoms with van der Waals surface area (Å²) in [5.41, 5.74) is -0.482. The first-order valence-electron chi connectivity index (χ1n) is 7.38. The Kier molecular flexibility index (Phi) is 4.42. The van der Waals surface area contributed by atoms with Crippen LogP contribution in [0.3, 0.4) is 0 Å². The zero-order valence-electron chi connectivity index (χ0n) is 12.3. The molecule has 8 heteroatoms. The summed E-state index contributed by atoms with van der Waals surface area (Å²) in [6.07, 6.45) is 0.952. The third-order valence-corrected chi connectivity index (χ3v) is 6.80. The smallest absolute Gasteiger partial charge is 0.317 e. The minimum absolute atomic E-state index is 0.107. The van der Waals surface area contributed by atoms with Gasteiger partial charge in [-0.1, -0.05) is 6.07 Å². The van der Waals surface area contributed by atoms with Crippen LogP contribution in [0, 0.1) is 0 Å². The molecule has 1 aromatic rings. The average molecular weight is 344 g/mol. The maximum Gasteiger partial charge on any atom is 0.317 e. The standard InChI is InChI=1S/C14H20N2O4S2/c17-13(15-10-12-2-1-7-21-12)16-5-6-20-14(11-16)3-8-22(18,19)9-4-14/h1-2,7H,3-6,8-11H2,(H,15,17). The van der Waals surface area contributed by atoms with Crippen molar-refractivity contribution in [3.8, 4) is 0 Å². The Hall–Kier alpha value is -1.12. The van der Waals surface area contributed by atoms with Gasteiger partial charge in [0, 0.05) is 11.4 Å². The van der Waals surface area contributed by atoms with Gasteiger partial charge < -0.3 is 15.0 Å². The van der Waals surface area contributed by atoms with Gasteiger partial charge in [-0.05, 0) is 24.3 Å². The minimum Gasteiger partial charge on any atom is -0.371 e. The summed E-state index contributed by atoms with van der Waals surface area (Å²) < 4.78 is 29.0. The molecule has 2 saturated heterocycles. The van der Waals surface area contributed by atoms with E-state index in [-0.39, 0.29) is 17.5 Å². The van der Waals surface area contributed by atoms with Crippen LogP contribution in [0.25, 0.3) is 0 Å². The Balaban J connectivity index is 1.57. The highest BCUT2D eigenvalue weighted by Crippen LogP contribution is 2.31. The van der Waals surface area contributed by atoms with Crippen LogP contribution in [0.5, 0.6) is 0 Å². The van der Waals surface area contributed by atoms with Crippen LogP contribution in [0.2, 0.25) is 0 Å². The summed E-state index contributed by atoms with van der Waals surface area (Å²) in [6.45, 7) is 2.01. The molecule has 1 spiro atoms. The molecular weight excluding hydrogens is 324 g/mol. The second-order valence-electron chi connectivity index (χ2n) is 5.84. The third kappa shape index (κ3) is 3.61. The molecule has 22 heavy (non-hydrogen) atoms. The van der Waals surface area contributed by atoms with E-state index in [4.69, 9.17) is 4.74 Å².